The molecule has 4 N–H and O–H groups in total. The van der Waals surface area contributed by atoms with Crippen LogP contribution in [0.2, 0.25) is 5.02 Å². The summed E-state index contributed by atoms with van der Waals surface area (Å²) in [5.41, 5.74) is 8.33. The number of hydrogen-bond acceptors (Lipinski definition) is 5. The highest BCUT2D eigenvalue weighted by molar-refractivity contribution is 6.30. The summed E-state index contributed by atoms with van der Waals surface area (Å²) in [5, 5.41) is 12.8. The molecule has 3 rings (SSSR count). The van der Waals surface area contributed by atoms with Crippen LogP contribution in [0, 0.1) is 18.8 Å². The zero-order valence-electron chi connectivity index (χ0n) is 21.5. The number of likely N-dealkylation sites (tertiary alicyclic amines) is 1. The van der Waals surface area contributed by atoms with Crippen molar-refractivity contribution in [1.29, 1.82) is 0 Å². The molecular weight excluding hydrogens is 484 g/mol. The summed E-state index contributed by atoms with van der Waals surface area (Å²) in [6.07, 6.45) is 3.51. The summed E-state index contributed by atoms with van der Waals surface area (Å²) in [7, 11) is 1.52. The van der Waals surface area contributed by atoms with Gasteiger partial charge in [0.05, 0.1) is 12.7 Å². The predicted octanol–water partition coefficient (Wildman–Crippen LogP) is 3.88. The van der Waals surface area contributed by atoms with Gasteiger partial charge in [-0.2, -0.15) is 0 Å². The molecule has 2 aliphatic heterocycles. The van der Waals surface area contributed by atoms with Gasteiger partial charge in [-0.1, -0.05) is 17.7 Å². The topological polar surface area (TPSA) is 117 Å². The molecule has 0 saturated carbocycles. The Balaban J connectivity index is 1.60. The lowest BCUT2D eigenvalue weighted by Gasteiger charge is -2.38. The normalized spacial score (nSPS) is 22.1. The van der Waals surface area contributed by atoms with Crippen LogP contribution >= 0.6 is 11.6 Å². The van der Waals surface area contributed by atoms with E-state index in [9.17, 15) is 9.59 Å². The van der Waals surface area contributed by atoms with E-state index in [-0.39, 0.29) is 37.2 Å². The molecule has 10 heteroatoms. The van der Waals surface area contributed by atoms with Gasteiger partial charge < -0.3 is 35.4 Å². The number of carbonyl (C=O) groups excluding carboxylic acids is 1. The number of nitrogens with two attached hydrogens (primary N) is 1. The number of hydrogen-bond donors (Lipinski definition) is 3. The zero-order chi connectivity index (χ0) is 26.1. The third-order valence-electron chi connectivity index (χ3n) is 7.18. The van der Waals surface area contributed by atoms with E-state index in [1.54, 1.807) is 0 Å². The second-order valence-electron chi connectivity index (χ2n) is 10.1. The molecule has 2 fully saturated rings. The van der Waals surface area contributed by atoms with Crippen molar-refractivity contribution in [3.8, 4) is 0 Å². The molecule has 0 spiro atoms. The van der Waals surface area contributed by atoms with Gasteiger partial charge >= 0.3 is 12.1 Å². The number of likely N-dealkylation sites (N-methyl/N-ethyl adjacent to an activating group) is 1. The van der Waals surface area contributed by atoms with Gasteiger partial charge in [0, 0.05) is 63.4 Å². The summed E-state index contributed by atoms with van der Waals surface area (Å²) in [6.45, 7) is 5.76. The van der Waals surface area contributed by atoms with Crippen LogP contribution in [0.25, 0.3) is 0 Å². The molecule has 2 heterocycles. The minimum absolute atomic E-state index is 0.0601. The van der Waals surface area contributed by atoms with Gasteiger partial charge in [-0.3, -0.25) is 0 Å². The van der Waals surface area contributed by atoms with Crippen molar-refractivity contribution in [2.24, 2.45) is 17.6 Å². The molecule has 2 aliphatic rings. The Morgan fingerprint density at radius 2 is 2.17 bits per heavy atom. The van der Waals surface area contributed by atoms with Crippen molar-refractivity contribution in [3.05, 3.63) is 34.3 Å². The Morgan fingerprint density at radius 1 is 1.36 bits per heavy atom. The van der Waals surface area contributed by atoms with Crippen molar-refractivity contribution >= 4 is 23.7 Å². The Labute approximate surface area is 219 Å². The maximum Gasteiger partial charge on any atom is 0.407 e. The molecule has 0 aromatic heterocycles. The first-order valence-electron chi connectivity index (χ1n) is 12.9. The number of piperidine rings is 1. The lowest BCUT2D eigenvalue weighted by Crippen LogP contribution is -2.49. The highest BCUT2D eigenvalue weighted by Crippen LogP contribution is 2.35. The number of benzene rings is 1. The van der Waals surface area contributed by atoms with Crippen LogP contribution in [-0.4, -0.2) is 86.1 Å². The molecule has 1 aromatic rings. The summed E-state index contributed by atoms with van der Waals surface area (Å²) in [6, 6.07) is 5.51. The van der Waals surface area contributed by atoms with Crippen LogP contribution in [0.5, 0.6) is 0 Å². The van der Waals surface area contributed by atoms with Crippen molar-refractivity contribution < 1.29 is 24.2 Å². The number of nitrogens with zero attached hydrogens (tertiary/aromatic N) is 2. The quantitative estimate of drug-likeness (QED) is 0.427. The number of carbonyl (C=O) groups is 2. The van der Waals surface area contributed by atoms with Gasteiger partial charge in [-0.15, -0.1) is 0 Å². The molecule has 4 atom stereocenters. The van der Waals surface area contributed by atoms with E-state index >= 15 is 0 Å². The lowest BCUT2D eigenvalue weighted by atomic mass is 9.86. The third kappa shape index (κ3) is 8.50. The summed E-state index contributed by atoms with van der Waals surface area (Å²) in [4.78, 5) is 27.2. The number of carboxylic acid groups (broad SMARTS) is 1. The van der Waals surface area contributed by atoms with E-state index in [1.807, 2.05) is 30.0 Å². The molecule has 36 heavy (non-hydrogen) atoms. The molecule has 1 aromatic carbocycles. The average Bonchev–Trinajstić information content (AvgIpc) is 2.87. The Hall–Kier alpha value is -2.07. The van der Waals surface area contributed by atoms with Crippen molar-refractivity contribution in [3.63, 3.8) is 0 Å². The standard InChI is InChI=1S/C26H41ClN4O5/c1-18-7-8-21(27)14-23(18)24(36-12-10-30(2)26(33)34)20-6-3-9-31(16-20)25(32)29-15-22(28)13-19-5-4-11-35-17-19/h7-8,14,19-20,22,24H,3-6,9-13,15-17,28H2,1-2H3,(H,29,32)(H,33,34)/t19-,20-,22-,24?/m1/s1. The number of aryl methyl sites for hydroxylation is 1. The zero-order valence-corrected chi connectivity index (χ0v) is 22.2. The van der Waals surface area contributed by atoms with Crippen LogP contribution in [0.3, 0.4) is 0 Å². The number of amides is 3. The molecular formula is C26H41ClN4O5. The van der Waals surface area contributed by atoms with Crippen LogP contribution in [0.4, 0.5) is 9.59 Å². The van der Waals surface area contributed by atoms with Crippen molar-refractivity contribution in [2.75, 3.05) is 53.0 Å². The highest BCUT2D eigenvalue weighted by atomic mass is 35.5. The van der Waals surface area contributed by atoms with Gasteiger partial charge in [0.2, 0.25) is 0 Å². The van der Waals surface area contributed by atoms with E-state index in [0.29, 0.717) is 30.6 Å². The van der Waals surface area contributed by atoms with E-state index < -0.39 is 6.09 Å². The monoisotopic (exact) mass is 524 g/mol. The van der Waals surface area contributed by atoms with Crippen LogP contribution < -0.4 is 11.1 Å². The van der Waals surface area contributed by atoms with Gasteiger partial charge in [-0.25, -0.2) is 9.59 Å². The van der Waals surface area contributed by atoms with Crippen molar-refractivity contribution in [1.82, 2.24) is 15.1 Å². The van der Waals surface area contributed by atoms with Gasteiger partial charge in [0.15, 0.2) is 0 Å². The molecule has 2 saturated heterocycles. The van der Waals surface area contributed by atoms with Gasteiger partial charge in [0.1, 0.15) is 0 Å². The minimum Gasteiger partial charge on any atom is -0.465 e. The number of halogens is 1. The number of ether oxygens (including phenoxy) is 2. The van der Waals surface area contributed by atoms with Gasteiger partial charge in [-0.05, 0) is 68.2 Å². The average molecular weight is 525 g/mol. The molecule has 0 radical (unpaired) electrons. The summed E-state index contributed by atoms with van der Waals surface area (Å²) in [5.74, 6) is 0.522. The Morgan fingerprint density at radius 3 is 2.89 bits per heavy atom. The maximum atomic E-state index is 13.0. The summed E-state index contributed by atoms with van der Waals surface area (Å²) < 4.78 is 11.8. The van der Waals surface area contributed by atoms with E-state index in [4.69, 9.17) is 31.9 Å². The third-order valence-corrected chi connectivity index (χ3v) is 7.41. The van der Waals surface area contributed by atoms with Crippen molar-refractivity contribution in [2.45, 2.75) is 51.2 Å². The van der Waals surface area contributed by atoms with Crippen LogP contribution in [-0.2, 0) is 9.47 Å². The highest BCUT2D eigenvalue weighted by Gasteiger charge is 2.32. The second kappa shape index (κ2) is 14.0. The lowest BCUT2D eigenvalue weighted by molar-refractivity contribution is -0.0157. The molecule has 0 aliphatic carbocycles. The molecule has 9 nitrogen and oxygen atoms in total. The fourth-order valence-electron chi connectivity index (χ4n) is 5.09. The van der Waals surface area contributed by atoms with E-state index in [2.05, 4.69) is 5.32 Å². The number of rotatable bonds is 10. The Kier molecular flexibility index (Phi) is 11.1. The first-order chi connectivity index (χ1) is 17.2. The number of nitrogens with one attached hydrogen (secondary N) is 1. The first kappa shape index (κ1) is 28.5. The molecule has 202 valence electrons. The number of urea groups is 1. The predicted molar refractivity (Wildman–Crippen MR) is 139 cm³/mol. The smallest absolute Gasteiger partial charge is 0.407 e. The van der Waals surface area contributed by atoms with Gasteiger partial charge in [0.25, 0.3) is 0 Å². The molecule has 1 unspecified atom stereocenters. The largest absolute Gasteiger partial charge is 0.465 e. The van der Waals surface area contributed by atoms with E-state index in [0.717, 1.165) is 56.4 Å². The van der Waals surface area contributed by atoms with Crippen LogP contribution in [0.1, 0.15) is 49.3 Å². The fraction of sp³-hybridized carbons (Fsp3) is 0.692. The first-order valence-corrected chi connectivity index (χ1v) is 13.3. The maximum absolute atomic E-state index is 13.0. The SMILES string of the molecule is Cc1ccc(Cl)cc1C(OCCN(C)C(=O)O)[C@@H]1CCCN(C(=O)NC[C@H](N)C[C@H]2CCCOC2)C1. The minimum atomic E-state index is -0.996. The second-order valence-corrected chi connectivity index (χ2v) is 10.5. The molecule has 3 amide bonds. The van der Waals surface area contributed by atoms with Crippen LogP contribution in [0.15, 0.2) is 18.2 Å². The van der Waals surface area contributed by atoms with E-state index in [1.165, 1.54) is 11.9 Å². The molecule has 0 bridgehead atoms. The Bertz CT molecular complexity index is 867. The summed E-state index contributed by atoms with van der Waals surface area (Å²) >= 11 is 6.31. The fourth-order valence-corrected chi connectivity index (χ4v) is 5.27.